The number of halogens is 2. The Labute approximate surface area is 120 Å². The summed E-state index contributed by atoms with van der Waals surface area (Å²) in [6, 6.07) is 1.77. The highest BCUT2D eigenvalue weighted by Crippen LogP contribution is 2.19. The fraction of sp³-hybridized carbons (Fsp3) is 0.417. The smallest absolute Gasteiger partial charge is 0.217 e. The third-order valence-corrected chi connectivity index (χ3v) is 3.15. The number of carbonyl (C=O) groups excluding carboxylic acids is 1. The molecule has 0 saturated heterocycles. The summed E-state index contributed by atoms with van der Waals surface area (Å²) in [6.07, 6.45) is 3.22. The molecular formula is C12H14Cl2N4O. The molecule has 7 heteroatoms. The van der Waals surface area contributed by atoms with Gasteiger partial charge < -0.3 is 10.3 Å². The minimum absolute atomic E-state index is 0.306. The molecule has 0 fully saturated rings. The molecule has 0 aliphatic rings. The van der Waals surface area contributed by atoms with Crippen molar-refractivity contribution in [1.29, 1.82) is 0 Å². The molecule has 19 heavy (non-hydrogen) atoms. The Balaban J connectivity index is 2.31. The molecule has 2 aromatic heterocycles. The summed E-state index contributed by atoms with van der Waals surface area (Å²) in [4.78, 5) is 19.6. The Hall–Kier alpha value is -1.33. The first-order valence-electron chi connectivity index (χ1n) is 5.96. The minimum atomic E-state index is -0.306. The molecule has 0 atom stereocenters. The number of rotatable bonds is 6. The highest BCUT2D eigenvalue weighted by molar-refractivity contribution is 6.31. The maximum Gasteiger partial charge on any atom is 0.217 e. The molecule has 0 saturated carbocycles. The van der Waals surface area contributed by atoms with Crippen molar-refractivity contribution in [3.63, 3.8) is 0 Å². The van der Waals surface area contributed by atoms with Crippen molar-refractivity contribution in [1.82, 2.24) is 14.5 Å². The Kier molecular flexibility index (Phi) is 4.61. The van der Waals surface area contributed by atoms with Crippen molar-refractivity contribution in [2.75, 3.05) is 5.88 Å². The van der Waals surface area contributed by atoms with Crippen molar-refractivity contribution in [3.8, 4) is 0 Å². The number of pyridine rings is 1. The fourth-order valence-electron chi connectivity index (χ4n) is 1.95. The molecule has 2 N–H and O–H groups in total. The number of aryl methyl sites for hydroxylation is 2. The standard InChI is InChI=1S/C12H14Cl2N4O/c13-4-3-11-17-9-6-8(14)7-16-12(9)18(11)5-1-2-10(15)19/h6-7H,1-5H2,(H2,15,19). The largest absolute Gasteiger partial charge is 0.370 e. The van der Waals surface area contributed by atoms with Gasteiger partial charge in [-0.3, -0.25) is 4.79 Å². The Morgan fingerprint density at radius 1 is 1.47 bits per heavy atom. The molecule has 0 aliphatic carbocycles. The van der Waals surface area contributed by atoms with Crippen LogP contribution in [-0.4, -0.2) is 26.3 Å². The molecular weight excluding hydrogens is 287 g/mol. The lowest BCUT2D eigenvalue weighted by Gasteiger charge is -2.06. The molecule has 0 radical (unpaired) electrons. The third-order valence-electron chi connectivity index (χ3n) is 2.75. The van der Waals surface area contributed by atoms with E-state index in [1.54, 1.807) is 12.3 Å². The first-order valence-corrected chi connectivity index (χ1v) is 6.88. The third kappa shape index (κ3) is 3.36. The van der Waals surface area contributed by atoms with Gasteiger partial charge in [0.25, 0.3) is 0 Å². The van der Waals surface area contributed by atoms with Gasteiger partial charge in [-0.25, -0.2) is 9.97 Å². The van der Waals surface area contributed by atoms with E-state index in [1.165, 1.54) is 0 Å². The summed E-state index contributed by atoms with van der Waals surface area (Å²) in [7, 11) is 0. The molecule has 0 aliphatic heterocycles. The zero-order valence-corrected chi connectivity index (χ0v) is 11.8. The lowest BCUT2D eigenvalue weighted by Crippen LogP contribution is -2.12. The molecule has 0 spiro atoms. The van der Waals surface area contributed by atoms with E-state index in [1.807, 2.05) is 4.57 Å². The van der Waals surface area contributed by atoms with E-state index in [0.29, 0.717) is 36.7 Å². The van der Waals surface area contributed by atoms with E-state index in [0.717, 1.165) is 17.0 Å². The lowest BCUT2D eigenvalue weighted by atomic mass is 10.3. The predicted molar refractivity (Wildman–Crippen MR) is 75.4 cm³/mol. The molecule has 2 heterocycles. The topological polar surface area (TPSA) is 73.8 Å². The number of hydrogen-bond donors (Lipinski definition) is 1. The van der Waals surface area contributed by atoms with Crippen LogP contribution >= 0.6 is 23.2 Å². The monoisotopic (exact) mass is 300 g/mol. The van der Waals surface area contributed by atoms with Gasteiger partial charge in [-0.05, 0) is 12.5 Å². The quantitative estimate of drug-likeness (QED) is 0.831. The molecule has 1 amide bonds. The van der Waals surface area contributed by atoms with Crippen LogP contribution in [0.25, 0.3) is 11.2 Å². The Morgan fingerprint density at radius 2 is 2.26 bits per heavy atom. The van der Waals surface area contributed by atoms with Gasteiger partial charge in [0.2, 0.25) is 5.91 Å². The van der Waals surface area contributed by atoms with E-state index >= 15 is 0 Å². The van der Waals surface area contributed by atoms with Gasteiger partial charge >= 0.3 is 0 Å². The molecule has 0 bridgehead atoms. The van der Waals surface area contributed by atoms with Crippen LogP contribution in [0.15, 0.2) is 12.3 Å². The number of hydrogen-bond acceptors (Lipinski definition) is 3. The van der Waals surface area contributed by atoms with E-state index in [9.17, 15) is 4.79 Å². The number of imidazole rings is 1. The molecule has 102 valence electrons. The number of primary amides is 1. The van der Waals surface area contributed by atoms with Crippen molar-refractivity contribution >= 4 is 40.3 Å². The molecule has 2 aromatic rings. The summed E-state index contributed by atoms with van der Waals surface area (Å²) >= 11 is 11.7. The molecule has 5 nitrogen and oxygen atoms in total. The average Bonchev–Trinajstić information content (AvgIpc) is 2.66. The maximum absolute atomic E-state index is 10.8. The van der Waals surface area contributed by atoms with E-state index in [4.69, 9.17) is 28.9 Å². The number of nitrogens with two attached hydrogens (primary N) is 1. The van der Waals surface area contributed by atoms with Gasteiger partial charge in [0, 0.05) is 31.5 Å². The normalized spacial score (nSPS) is 11.1. The second-order valence-electron chi connectivity index (χ2n) is 4.18. The number of amides is 1. The minimum Gasteiger partial charge on any atom is -0.370 e. The number of fused-ring (bicyclic) bond motifs is 1. The van der Waals surface area contributed by atoms with Crippen LogP contribution in [0.1, 0.15) is 18.7 Å². The summed E-state index contributed by atoms with van der Waals surface area (Å²) in [5.41, 5.74) is 6.64. The average molecular weight is 301 g/mol. The summed E-state index contributed by atoms with van der Waals surface area (Å²) in [6.45, 7) is 0.639. The number of nitrogens with zero attached hydrogens (tertiary/aromatic N) is 3. The zero-order valence-electron chi connectivity index (χ0n) is 10.3. The van der Waals surface area contributed by atoms with E-state index in [2.05, 4.69) is 9.97 Å². The molecule has 2 rings (SSSR count). The number of carbonyl (C=O) groups is 1. The summed E-state index contributed by atoms with van der Waals surface area (Å²) < 4.78 is 1.97. The highest BCUT2D eigenvalue weighted by atomic mass is 35.5. The van der Waals surface area contributed by atoms with Crippen LogP contribution < -0.4 is 5.73 Å². The van der Waals surface area contributed by atoms with Crippen LogP contribution in [0.2, 0.25) is 5.02 Å². The number of alkyl halides is 1. The Bertz CT molecular complexity index is 597. The van der Waals surface area contributed by atoms with Crippen molar-refractivity contribution < 1.29 is 4.79 Å². The van der Waals surface area contributed by atoms with Crippen LogP contribution in [0.4, 0.5) is 0 Å². The van der Waals surface area contributed by atoms with Crippen molar-refractivity contribution in [2.45, 2.75) is 25.8 Å². The fourth-order valence-corrected chi connectivity index (χ4v) is 2.28. The molecule has 0 unspecified atom stereocenters. The first-order chi connectivity index (χ1) is 9.11. The van der Waals surface area contributed by atoms with Crippen LogP contribution in [0.3, 0.4) is 0 Å². The Morgan fingerprint density at radius 3 is 2.95 bits per heavy atom. The van der Waals surface area contributed by atoms with Gasteiger partial charge in [0.15, 0.2) is 5.65 Å². The number of aromatic nitrogens is 3. The van der Waals surface area contributed by atoms with E-state index in [-0.39, 0.29) is 5.91 Å². The second kappa shape index (κ2) is 6.21. The van der Waals surface area contributed by atoms with Gasteiger partial charge in [0.05, 0.1) is 5.02 Å². The first kappa shape index (κ1) is 14.1. The summed E-state index contributed by atoms with van der Waals surface area (Å²) in [5, 5.41) is 0.548. The van der Waals surface area contributed by atoms with Crippen LogP contribution in [-0.2, 0) is 17.8 Å². The van der Waals surface area contributed by atoms with Gasteiger partial charge in [0.1, 0.15) is 11.3 Å². The lowest BCUT2D eigenvalue weighted by molar-refractivity contribution is -0.118. The zero-order chi connectivity index (χ0) is 13.8. The maximum atomic E-state index is 10.8. The van der Waals surface area contributed by atoms with Gasteiger partial charge in [-0.1, -0.05) is 11.6 Å². The summed E-state index contributed by atoms with van der Waals surface area (Å²) in [5.74, 6) is 1.02. The van der Waals surface area contributed by atoms with E-state index < -0.39 is 0 Å². The van der Waals surface area contributed by atoms with Gasteiger partial charge in [-0.2, -0.15) is 0 Å². The second-order valence-corrected chi connectivity index (χ2v) is 5.00. The van der Waals surface area contributed by atoms with Crippen LogP contribution in [0.5, 0.6) is 0 Å². The van der Waals surface area contributed by atoms with Crippen molar-refractivity contribution in [2.24, 2.45) is 5.73 Å². The molecule has 0 aromatic carbocycles. The highest BCUT2D eigenvalue weighted by Gasteiger charge is 2.12. The van der Waals surface area contributed by atoms with Crippen molar-refractivity contribution in [3.05, 3.63) is 23.1 Å². The van der Waals surface area contributed by atoms with Gasteiger partial charge in [-0.15, -0.1) is 11.6 Å². The van der Waals surface area contributed by atoms with Crippen LogP contribution in [0, 0.1) is 0 Å². The predicted octanol–water partition coefficient (Wildman–Crippen LogP) is 2.13. The SMILES string of the molecule is NC(=O)CCCn1c(CCCl)nc2cc(Cl)cnc21.